The first-order valence-corrected chi connectivity index (χ1v) is 6.28. The largest absolute Gasteiger partial charge is 0.478 e. The van der Waals surface area contributed by atoms with E-state index in [0.29, 0.717) is 5.58 Å². The average molecular weight is 261 g/mol. The second-order valence-electron chi connectivity index (χ2n) is 4.66. The summed E-state index contributed by atoms with van der Waals surface area (Å²) in [5.41, 5.74) is 0.878. The van der Waals surface area contributed by atoms with Crippen molar-refractivity contribution >= 4 is 16.9 Å². The van der Waals surface area contributed by atoms with Gasteiger partial charge in [0.15, 0.2) is 0 Å². The summed E-state index contributed by atoms with van der Waals surface area (Å²) in [6.45, 7) is 4.04. The Morgan fingerprint density at radius 3 is 2.79 bits per heavy atom. The number of furan rings is 1. The molecular weight excluding hydrogens is 246 g/mol. The Balaban J connectivity index is 1.82. The molecule has 0 amide bonds. The van der Waals surface area contributed by atoms with E-state index in [1.54, 1.807) is 18.2 Å². The van der Waals surface area contributed by atoms with Gasteiger partial charge in [-0.1, -0.05) is 6.07 Å². The number of carboxylic acids is 1. The van der Waals surface area contributed by atoms with Crippen LogP contribution in [0.5, 0.6) is 0 Å². The van der Waals surface area contributed by atoms with E-state index in [4.69, 9.17) is 14.3 Å². The van der Waals surface area contributed by atoms with Crippen LogP contribution in [0, 0.1) is 0 Å². The Hall–Kier alpha value is -1.85. The Bertz CT molecular complexity index is 599. The zero-order chi connectivity index (χ0) is 13.2. The lowest BCUT2D eigenvalue weighted by molar-refractivity contribution is 0.0315. The maximum Gasteiger partial charge on any atom is 0.335 e. The molecule has 100 valence electrons. The minimum Gasteiger partial charge on any atom is -0.478 e. The van der Waals surface area contributed by atoms with Gasteiger partial charge in [0.25, 0.3) is 0 Å². The summed E-state index contributed by atoms with van der Waals surface area (Å²) in [5, 5.41) is 9.89. The van der Waals surface area contributed by atoms with Crippen molar-refractivity contribution in [3.63, 3.8) is 0 Å². The third-order valence-corrected chi connectivity index (χ3v) is 3.30. The number of carbonyl (C=O) groups is 1. The summed E-state index contributed by atoms with van der Waals surface area (Å²) < 4.78 is 11.0. The molecule has 1 N–H and O–H groups in total. The van der Waals surface area contributed by atoms with Crippen molar-refractivity contribution in [2.45, 2.75) is 6.54 Å². The number of hydrogen-bond acceptors (Lipinski definition) is 4. The van der Waals surface area contributed by atoms with Crippen LogP contribution in [0.4, 0.5) is 0 Å². The van der Waals surface area contributed by atoms with Crippen molar-refractivity contribution in [2.75, 3.05) is 26.3 Å². The van der Waals surface area contributed by atoms with E-state index in [1.807, 2.05) is 6.07 Å². The van der Waals surface area contributed by atoms with E-state index in [1.165, 1.54) is 0 Å². The highest BCUT2D eigenvalue weighted by Gasteiger charge is 2.14. The van der Waals surface area contributed by atoms with E-state index in [2.05, 4.69) is 4.90 Å². The summed E-state index contributed by atoms with van der Waals surface area (Å²) >= 11 is 0. The van der Waals surface area contributed by atoms with E-state index in [9.17, 15) is 4.79 Å². The lowest BCUT2D eigenvalue weighted by atomic mass is 10.2. The molecule has 3 rings (SSSR count). The van der Waals surface area contributed by atoms with Crippen molar-refractivity contribution < 1.29 is 19.1 Å². The lowest BCUT2D eigenvalue weighted by Gasteiger charge is -2.25. The number of rotatable bonds is 3. The Labute approximate surface area is 110 Å². The molecule has 0 atom stereocenters. The number of morpholine rings is 1. The zero-order valence-electron chi connectivity index (χ0n) is 10.5. The number of nitrogens with zero attached hydrogens (tertiary/aromatic N) is 1. The molecule has 1 aromatic carbocycles. The molecule has 0 spiro atoms. The van der Waals surface area contributed by atoms with Crippen molar-refractivity contribution in [1.82, 2.24) is 4.90 Å². The van der Waals surface area contributed by atoms with E-state index in [0.717, 1.165) is 44.0 Å². The number of carboxylic acid groups (broad SMARTS) is 1. The molecule has 1 aromatic heterocycles. The fourth-order valence-corrected chi connectivity index (χ4v) is 2.28. The summed E-state index contributed by atoms with van der Waals surface area (Å²) in [6, 6.07) is 6.92. The van der Waals surface area contributed by atoms with Crippen molar-refractivity contribution in [3.8, 4) is 0 Å². The van der Waals surface area contributed by atoms with Crippen LogP contribution in [0.3, 0.4) is 0 Å². The Kier molecular flexibility index (Phi) is 3.23. The van der Waals surface area contributed by atoms with Gasteiger partial charge < -0.3 is 14.3 Å². The van der Waals surface area contributed by atoms with Crippen molar-refractivity contribution in [3.05, 3.63) is 35.6 Å². The predicted octanol–water partition coefficient (Wildman–Crippen LogP) is 1.96. The van der Waals surface area contributed by atoms with Crippen LogP contribution in [-0.4, -0.2) is 42.3 Å². The molecule has 1 aliphatic rings. The second-order valence-corrected chi connectivity index (χ2v) is 4.66. The van der Waals surface area contributed by atoms with Crippen LogP contribution in [-0.2, 0) is 11.3 Å². The Morgan fingerprint density at radius 1 is 1.26 bits per heavy atom. The minimum atomic E-state index is -0.937. The van der Waals surface area contributed by atoms with Gasteiger partial charge in [0, 0.05) is 18.5 Å². The summed E-state index contributed by atoms with van der Waals surface area (Å²) in [4.78, 5) is 13.2. The topological polar surface area (TPSA) is 62.9 Å². The predicted molar refractivity (Wildman–Crippen MR) is 69.3 cm³/mol. The van der Waals surface area contributed by atoms with Crippen LogP contribution < -0.4 is 0 Å². The van der Waals surface area contributed by atoms with Gasteiger partial charge in [-0.25, -0.2) is 4.79 Å². The molecule has 0 radical (unpaired) electrons. The summed E-state index contributed by atoms with van der Waals surface area (Å²) in [7, 11) is 0. The highest BCUT2D eigenvalue weighted by Crippen LogP contribution is 2.22. The number of hydrogen-bond donors (Lipinski definition) is 1. The molecule has 1 saturated heterocycles. The van der Waals surface area contributed by atoms with Crippen molar-refractivity contribution in [2.24, 2.45) is 0 Å². The normalized spacial score (nSPS) is 16.8. The average Bonchev–Trinajstić information content (AvgIpc) is 2.80. The first kappa shape index (κ1) is 12.2. The minimum absolute atomic E-state index is 0.250. The molecule has 2 aromatic rings. The number of fused-ring (bicyclic) bond motifs is 1. The molecule has 0 bridgehead atoms. The monoisotopic (exact) mass is 261 g/mol. The highest BCUT2D eigenvalue weighted by molar-refractivity contribution is 5.92. The number of ether oxygens (including phenoxy) is 1. The molecule has 1 fully saturated rings. The molecule has 19 heavy (non-hydrogen) atoms. The van der Waals surface area contributed by atoms with Gasteiger partial charge in [-0.15, -0.1) is 0 Å². The second kappa shape index (κ2) is 5.03. The molecule has 5 heteroatoms. The molecule has 1 aliphatic heterocycles. The fraction of sp³-hybridized carbons (Fsp3) is 0.357. The summed E-state index contributed by atoms with van der Waals surface area (Å²) in [6.07, 6.45) is 0. The Morgan fingerprint density at radius 2 is 2.05 bits per heavy atom. The lowest BCUT2D eigenvalue weighted by Crippen LogP contribution is -2.35. The van der Waals surface area contributed by atoms with Crippen LogP contribution in [0.2, 0.25) is 0 Å². The summed E-state index contributed by atoms with van der Waals surface area (Å²) in [5.74, 6) is -0.0764. The fourth-order valence-electron chi connectivity index (χ4n) is 2.28. The molecule has 0 aliphatic carbocycles. The van der Waals surface area contributed by atoms with Gasteiger partial charge in [0.05, 0.1) is 25.3 Å². The van der Waals surface area contributed by atoms with E-state index in [-0.39, 0.29) is 5.56 Å². The van der Waals surface area contributed by atoms with Crippen LogP contribution in [0.25, 0.3) is 11.0 Å². The van der Waals surface area contributed by atoms with Gasteiger partial charge >= 0.3 is 5.97 Å². The van der Waals surface area contributed by atoms with Gasteiger partial charge in [-0.3, -0.25) is 4.90 Å². The van der Waals surface area contributed by atoms with E-state index >= 15 is 0 Å². The maximum atomic E-state index is 10.9. The van der Waals surface area contributed by atoms with Gasteiger partial charge in [-0.2, -0.15) is 0 Å². The molecule has 2 heterocycles. The van der Waals surface area contributed by atoms with Gasteiger partial charge in [-0.05, 0) is 18.2 Å². The SMILES string of the molecule is O=C(O)c1ccc2cc(CN3CCOCC3)oc2c1. The van der Waals surface area contributed by atoms with Crippen molar-refractivity contribution in [1.29, 1.82) is 0 Å². The van der Waals surface area contributed by atoms with Gasteiger partial charge in [0.2, 0.25) is 0 Å². The van der Waals surface area contributed by atoms with Crippen LogP contribution in [0.1, 0.15) is 16.1 Å². The first-order valence-electron chi connectivity index (χ1n) is 6.28. The highest BCUT2D eigenvalue weighted by atomic mass is 16.5. The smallest absolute Gasteiger partial charge is 0.335 e. The quantitative estimate of drug-likeness (QED) is 0.915. The van der Waals surface area contributed by atoms with E-state index < -0.39 is 5.97 Å². The zero-order valence-corrected chi connectivity index (χ0v) is 10.5. The van der Waals surface area contributed by atoms with Gasteiger partial charge in [0.1, 0.15) is 11.3 Å². The van der Waals surface area contributed by atoms with Crippen LogP contribution >= 0.6 is 0 Å². The maximum absolute atomic E-state index is 10.9. The molecule has 0 unspecified atom stereocenters. The molecular formula is C14H15NO4. The third-order valence-electron chi connectivity index (χ3n) is 3.30. The number of aromatic carboxylic acids is 1. The number of benzene rings is 1. The van der Waals surface area contributed by atoms with Crippen LogP contribution in [0.15, 0.2) is 28.7 Å². The first-order chi connectivity index (χ1) is 9.22. The molecule has 5 nitrogen and oxygen atoms in total. The third kappa shape index (κ3) is 2.62. The molecule has 0 saturated carbocycles. The standard InChI is InChI=1S/C14H15NO4/c16-14(17)11-2-1-10-7-12(19-13(10)8-11)9-15-3-5-18-6-4-15/h1-2,7-8H,3-6,9H2,(H,16,17).